The predicted molar refractivity (Wildman–Crippen MR) is 152 cm³/mol. The number of aryl methyl sites for hydroxylation is 1. The molecule has 0 saturated heterocycles. The third-order valence-electron chi connectivity index (χ3n) is 6.52. The normalized spacial score (nSPS) is 12.2. The van der Waals surface area contributed by atoms with Crippen molar-refractivity contribution in [3.8, 4) is 0 Å². The molecule has 0 aliphatic heterocycles. The molecule has 3 rings (SSSR count). The zero-order valence-corrected chi connectivity index (χ0v) is 24.0. The Bertz CT molecular complexity index is 1540. The largest absolute Gasteiger partial charge is 0.465 e. The molecule has 0 aromatic carbocycles. The summed E-state index contributed by atoms with van der Waals surface area (Å²) in [5.41, 5.74) is 2.02. The standard InChI is InChI=1S/C28H36FN7O5/c1-15(2)11-20-25-24(18(29)13-30-20)33-22(34-25)14-36-17(4)16(3)12-21(27(36)39)31-26(38)19(32-28(40)41)9-7-8-10-23(37)35(5)6/h8,10,12-13,15,19,32H,7,9,11,14H2,1-6H3,(H,31,38)(H,33,34)(H,40,41)/b10-8+. The van der Waals surface area contributed by atoms with Gasteiger partial charge in [0.15, 0.2) is 5.82 Å². The van der Waals surface area contributed by atoms with Gasteiger partial charge >= 0.3 is 6.09 Å². The van der Waals surface area contributed by atoms with Crippen LogP contribution in [0.3, 0.4) is 0 Å². The number of anilines is 1. The molecule has 0 saturated carbocycles. The Labute approximate surface area is 236 Å². The number of carboxylic acid groups (broad SMARTS) is 1. The second-order valence-corrected chi connectivity index (χ2v) is 10.5. The molecule has 13 heteroatoms. The highest BCUT2D eigenvalue weighted by Gasteiger charge is 2.23. The molecule has 0 aliphatic rings. The lowest BCUT2D eigenvalue weighted by Crippen LogP contribution is -2.44. The van der Waals surface area contributed by atoms with Gasteiger partial charge in [-0.05, 0) is 56.7 Å². The van der Waals surface area contributed by atoms with Gasteiger partial charge in [0.2, 0.25) is 11.8 Å². The molecule has 12 nitrogen and oxygen atoms in total. The maximum Gasteiger partial charge on any atom is 0.405 e. The smallest absolute Gasteiger partial charge is 0.405 e. The Morgan fingerprint density at radius 2 is 1.95 bits per heavy atom. The first-order valence-electron chi connectivity index (χ1n) is 13.2. The Kier molecular flexibility index (Phi) is 9.98. The van der Waals surface area contributed by atoms with Gasteiger partial charge in [-0.3, -0.25) is 19.4 Å². The second-order valence-electron chi connectivity index (χ2n) is 10.5. The summed E-state index contributed by atoms with van der Waals surface area (Å²) in [6, 6.07) is 0.342. The Morgan fingerprint density at radius 1 is 1.24 bits per heavy atom. The zero-order valence-electron chi connectivity index (χ0n) is 24.0. The molecule has 3 aromatic rings. The number of carbonyl (C=O) groups excluding carboxylic acids is 2. The number of pyridine rings is 2. The van der Waals surface area contributed by atoms with Crippen molar-refractivity contribution in [2.24, 2.45) is 5.92 Å². The minimum absolute atomic E-state index is 0.0219. The highest BCUT2D eigenvalue weighted by atomic mass is 19.1. The maximum atomic E-state index is 14.5. The van der Waals surface area contributed by atoms with Gasteiger partial charge in [-0.25, -0.2) is 14.2 Å². The number of nitrogens with one attached hydrogen (secondary N) is 3. The van der Waals surface area contributed by atoms with Gasteiger partial charge in [0.05, 0.1) is 24.0 Å². The molecule has 220 valence electrons. The molecule has 0 radical (unpaired) electrons. The number of aromatic nitrogens is 4. The highest BCUT2D eigenvalue weighted by Crippen LogP contribution is 2.21. The summed E-state index contributed by atoms with van der Waals surface area (Å²) in [6.45, 7) is 7.54. The van der Waals surface area contributed by atoms with Crippen molar-refractivity contribution in [1.29, 1.82) is 0 Å². The fourth-order valence-corrected chi connectivity index (χ4v) is 4.24. The van der Waals surface area contributed by atoms with Crippen LogP contribution in [-0.2, 0) is 22.6 Å². The first kappa shape index (κ1) is 31.0. The van der Waals surface area contributed by atoms with Crippen LogP contribution in [0, 0.1) is 25.6 Å². The molecule has 1 unspecified atom stereocenters. The number of hydrogen-bond donors (Lipinski definition) is 4. The van der Waals surface area contributed by atoms with Crippen molar-refractivity contribution >= 4 is 34.6 Å². The van der Waals surface area contributed by atoms with E-state index >= 15 is 0 Å². The van der Waals surface area contributed by atoms with Crippen LogP contribution in [-0.4, -0.2) is 67.6 Å². The summed E-state index contributed by atoms with van der Waals surface area (Å²) in [7, 11) is 3.19. The predicted octanol–water partition coefficient (Wildman–Crippen LogP) is 3.12. The van der Waals surface area contributed by atoms with Crippen LogP contribution in [0.2, 0.25) is 0 Å². The van der Waals surface area contributed by atoms with Crippen molar-refractivity contribution in [3.05, 3.63) is 63.4 Å². The van der Waals surface area contributed by atoms with Gasteiger partial charge < -0.3 is 30.2 Å². The van der Waals surface area contributed by atoms with E-state index in [1.807, 2.05) is 13.8 Å². The minimum atomic E-state index is -1.40. The second kappa shape index (κ2) is 13.2. The first-order valence-corrected chi connectivity index (χ1v) is 13.2. The minimum Gasteiger partial charge on any atom is -0.465 e. The van der Waals surface area contributed by atoms with E-state index in [0.29, 0.717) is 34.7 Å². The van der Waals surface area contributed by atoms with Crippen molar-refractivity contribution in [2.75, 3.05) is 19.4 Å². The van der Waals surface area contributed by atoms with E-state index in [1.165, 1.54) is 21.6 Å². The van der Waals surface area contributed by atoms with Crippen molar-refractivity contribution in [3.63, 3.8) is 0 Å². The SMILES string of the molecule is Cc1cc(NC(=O)C(CC/C=C/C(=O)N(C)C)NC(=O)O)c(=O)n(Cc2nc3c(F)cnc(CC(C)C)c3[nH]2)c1C. The molecule has 0 fully saturated rings. The summed E-state index contributed by atoms with van der Waals surface area (Å²) in [5, 5.41) is 13.9. The number of allylic oxidation sites excluding steroid dienone is 1. The van der Waals surface area contributed by atoms with E-state index in [0.717, 1.165) is 6.20 Å². The van der Waals surface area contributed by atoms with E-state index in [9.17, 15) is 28.7 Å². The monoisotopic (exact) mass is 569 g/mol. The molecule has 41 heavy (non-hydrogen) atoms. The van der Waals surface area contributed by atoms with Gasteiger partial charge in [-0.15, -0.1) is 0 Å². The maximum absolute atomic E-state index is 14.5. The first-order chi connectivity index (χ1) is 19.3. The number of aromatic amines is 1. The van der Waals surface area contributed by atoms with Crippen LogP contribution in [0.5, 0.6) is 0 Å². The van der Waals surface area contributed by atoms with E-state index in [4.69, 9.17) is 0 Å². The molecule has 3 heterocycles. The summed E-state index contributed by atoms with van der Waals surface area (Å²) in [4.78, 5) is 62.6. The Balaban J connectivity index is 1.87. The van der Waals surface area contributed by atoms with Crippen LogP contribution in [0.4, 0.5) is 14.9 Å². The summed E-state index contributed by atoms with van der Waals surface area (Å²) in [5.74, 6) is -0.912. The molecule has 0 bridgehead atoms. The van der Waals surface area contributed by atoms with Gasteiger partial charge in [-0.2, -0.15) is 0 Å². The molecule has 0 aliphatic carbocycles. The van der Waals surface area contributed by atoms with E-state index in [2.05, 4.69) is 25.6 Å². The summed E-state index contributed by atoms with van der Waals surface area (Å²) < 4.78 is 15.9. The van der Waals surface area contributed by atoms with Gasteiger partial charge in [0.25, 0.3) is 5.56 Å². The molecular formula is C28H36FN7O5. The van der Waals surface area contributed by atoms with Gasteiger partial charge in [0.1, 0.15) is 23.1 Å². The molecule has 3 aromatic heterocycles. The number of halogens is 1. The number of hydrogen-bond acceptors (Lipinski definition) is 6. The third-order valence-corrected chi connectivity index (χ3v) is 6.52. The summed E-state index contributed by atoms with van der Waals surface area (Å²) >= 11 is 0. The molecular weight excluding hydrogens is 533 g/mol. The average Bonchev–Trinajstić information content (AvgIpc) is 3.33. The highest BCUT2D eigenvalue weighted by molar-refractivity contribution is 5.96. The van der Waals surface area contributed by atoms with Crippen LogP contribution >= 0.6 is 0 Å². The summed E-state index contributed by atoms with van der Waals surface area (Å²) in [6.07, 6.45) is 3.54. The van der Waals surface area contributed by atoms with Crippen LogP contribution in [0.25, 0.3) is 11.0 Å². The number of imidazole rings is 1. The van der Waals surface area contributed by atoms with Crippen molar-refractivity contribution in [1.82, 2.24) is 29.7 Å². The lowest BCUT2D eigenvalue weighted by molar-refractivity contribution is -0.123. The van der Waals surface area contributed by atoms with Crippen LogP contribution in [0.15, 0.2) is 29.2 Å². The zero-order chi connectivity index (χ0) is 30.4. The number of likely N-dealkylation sites (N-methyl/N-ethyl adjacent to an activating group) is 1. The Hall–Kier alpha value is -4.55. The number of carbonyl (C=O) groups is 3. The van der Waals surface area contributed by atoms with Gasteiger partial charge in [0, 0.05) is 19.8 Å². The van der Waals surface area contributed by atoms with Gasteiger partial charge in [-0.1, -0.05) is 19.9 Å². The lowest BCUT2D eigenvalue weighted by atomic mass is 10.1. The number of nitrogens with zero attached hydrogens (tertiary/aromatic N) is 4. The van der Waals surface area contributed by atoms with E-state index < -0.39 is 29.4 Å². The molecule has 4 N–H and O–H groups in total. The van der Waals surface area contributed by atoms with Crippen molar-refractivity contribution < 1.29 is 23.9 Å². The number of rotatable bonds is 11. The molecule has 3 amide bonds. The lowest BCUT2D eigenvalue weighted by Gasteiger charge is -2.18. The fourth-order valence-electron chi connectivity index (χ4n) is 4.24. The number of H-pyrrole nitrogens is 1. The fraction of sp³-hybridized carbons (Fsp3) is 0.429. The quantitative estimate of drug-likeness (QED) is 0.258. The average molecular weight is 570 g/mol. The molecule has 1 atom stereocenters. The number of fused-ring (bicyclic) bond motifs is 1. The van der Waals surface area contributed by atoms with E-state index in [-0.39, 0.29) is 42.4 Å². The third kappa shape index (κ3) is 7.77. The number of amides is 3. The van der Waals surface area contributed by atoms with Crippen LogP contribution in [0.1, 0.15) is 49.5 Å². The molecule has 0 spiro atoms. The Morgan fingerprint density at radius 3 is 2.59 bits per heavy atom. The van der Waals surface area contributed by atoms with E-state index in [1.54, 1.807) is 34.0 Å². The van der Waals surface area contributed by atoms with Crippen LogP contribution < -0.4 is 16.2 Å². The van der Waals surface area contributed by atoms with Crippen molar-refractivity contribution in [2.45, 2.75) is 59.5 Å². The topological polar surface area (TPSA) is 162 Å².